The van der Waals surface area contributed by atoms with Gasteiger partial charge in [0, 0.05) is 0 Å². The van der Waals surface area contributed by atoms with Crippen LogP contribution in [-0.4, -0.2) is 18.5 Å². The van der Waals surface area contributed by atoms with Crippen molar-refractivity contribution in [3.8, 4) is 6.07 Å². The number of benzene rings is 1. The monoisotopic (exact) mass is 243 g/mol. The third-order valence-corrected chi connectivity index (χ3v) is 3.28. The minimum atomic E-state index is -0.0502. The molecule has 1 aliphatic rings. The van der Waals surface area contributed by atoms with E-state index in [1.165, 1.54) is 0 Å². The zero-order chi connectivity index (χ0) is 13.0. The van der Waals surface area contributed by atoms with Crippen molar-refractivity contribution in [2.75, 3.05) is 6.54 Å². The predicted octanol–water partition coefficient (Wildman–Crippen LogP) is 1.49. The lowest BCUT2D eigenvalue weighted by molar-refractivity contribution is -0.123. The molecular formula is C14H17N3O. The number of hydrogen-bond acceptors (Lipinski definition) is 3. The van der Waals surface area contributed by atoms with Gasteiger partial charge in [-0.25, -0.2) is 0 Å². The molecule has 0 aromatic heterocycles. The Hall–Kier alpha value is -1.86. The predicted molar refractivity (Wildman–Crippen MR) is 68.7 cm³/mol. The van der Waals surface area contributed by atoms with Crippen LogP contribution in [0.15, 0.2) is 24.3 Å². The first-order chi connectivity index (χ1) is 8.70. The zero-order valence-corrected chi connectivity index (χ0v) is 10.4. The molecule has 0 saturated carbocycles. The largest absolute Gasteiger partial charge is 0.348 e. The molecule has 0 bridgehead atoms. The molecule has 4 heteroatoms. The molecule has 0 aliphatic carbocycles. The molecule has 0 spiro atoms. The maximum absolute atomic E-state index is 11.9. The number of carbonyl (C=O) groups excluding carboxylic acids is 1. The number of nitriles is 1. The molecular weight excluding hydrogens is 226 g/mol. The Bertz CT molecular complexity index is 455. The van der Waals surface area contributed by atoms with Gasteiger partial charge in [-0.15, -0.1) is 0 Å². The average molecular weight is 243 g/mol. The van der Waals surface area contributed by atoms with Crippen LogP contribution in [-0.2, 0) is 4.79 Å². The lowest BCUT2D eigenvalue weighted by Crippen LogP contribution is -2.41. The van der Waals surface area contributed by atoms with Crippen LogP contribution in [0.25, 0.3) is 0 Å². The first kappa shape index (κ1) is 12.6. The summed E-state index contributed by atoms with van der Waals surface area (Å²) >= 11 is 0. The molecule has 4 nitrogen and oxygen atoms in total. The summed E-state index contributed by atoms with van der Waals surface area (Å²) in [5, 5.41) is 14.9. The van der Waals surface area contributed by atoms with Crippen molar-refractivity contribution in [1.82, 2.24) is 10.6 Å². The van der Waals surface area contributed by atoms with E-state index in [9.17, 15) is 4.79 Å². The van der Waals surface area contributed by atoms with Crippen LogP contribution >= 0.6 is 0 Å². The second-order valence-corrected chi connectivity index (χ2v) is 4.61. The molecule has 2 N–H and O–H groups in total. The number of carbonyl (C=O) groups is 1. The van der Waals surface area contributed by atoms with Crippen LogP contribution in [0, 0.1) is 11.3 Å². The van der Waals surface area contributed by atoms with Gasteiger partial charge < -0.3 is 10.6 Å². The third kappa shape index (κ3) is 2.88. The van der Waals surface area contributed by atoms with Crippen LogP contribution in [0.4, 0.5) is 0 Å². The molecule has 2 rings (SSSR count). The topological polar surface area (TPSA) is 64.9 Å². The Balaban J connectivity index is 1.96. The highest BCUT2D eigenvalue weighted by atomic mass is 16.2. The second kappa shape index (κ2) is 5.65. The lowest BCUT2D eigenvalue weighted by Gasteiger charge is -2.17. The maximum Gasteiger partial charge on any atom is 0.237 e. The minimum Gasteiger partial charge on any atom is -0.348 e. The number of rotatable bonds is 3. The van der Waals surface area contributed by atoms with Gasteiger partial charge in [-0.05, 0) is 44.0 Å². The van der Waals surface area contributed by atoms with Crippen LogP contribution in [0.3, 0.4) is 0 Å². The molecule has 1 aromatic rings. The first-order valence-corrected chi connectivity index (χ1v) is 6.24. The van der Waals surface area contributed by atoms with Gasteiger partial charge in [-0.3, -0.25) is 4.79 Å². The van der Waals surface area contributed by atoms with E-state index in [4.69, 9.17) is 5.26 Å². The zero-order valence-electron chi connectivity index (χ0n) is 10.4. The molecule has 2 atom stereocenters. The third-order valence-electron chi connectivity index (χ3n) is 3.28. The summed E-state index contributed by atoms with van der Waals surface area (Å²) in [7, 11) is 0. The van der Waals surface area contributed by atoms with Crippen LogP contribution < -0.4 is 10.6 Å². The van der Waals surface area contributed by atoms with Crippen molar-refractivity contribution in [3.05, 3.63) is 35.4 Å². The number of amides is 1. The Morgan fingerprint density at radius 1 is 1.50 bits per heavy atom. The highest BCUT2D eigenvalue weighted by molar-refractivity contribution is 5.82. The summed E-state index contributed by atoms with van der Waals surface area (Å²) < 4.78 is 0. The van der Waals surface area contributed by atoms with Crippen molar-refractivity contribution < 1.29 is 4.79 Å². The fourth-order valence-corrected chi connectivity index (χ4v) is 2.15. The highest BCUT2D eigenvalue weighted by Crippen LogP contribution is 2.14. The Labute approximate surface area is 107 Å². The molecule has 94 valence electrons. The van der Waals surface area contributed by atoms with E-state index in [-0.39, 0.29) is 18.0 Å². The van der Waals surface area contributed by atoms with Gasteiger partial charge in [0.2, 0.25) is 5.91 Å². The maximum atomic E-state index is 11.9. The summed E-state index contributed by atoms with van der Waals surface area (Å²) in [6.07, 6.45) is 1.97. The van der Waals surface area contributed by atoms with E-state index in [2.05, 4.69) is 16.7 Å². The molecule has 0 radical (unpaired) electrons. The number of nitrogens with zero attached hydrogens (tertiary/aromatic N) is 1. The van der Waals surface area contributed by atoms with Gasteiger partial charge in [0.1, 0.15) is 0 Å². The Morgan fingerprint density at radius 2 is 2.22 bits per heavy atom. The molecule has 1 saturated heterocycles. The van der Waals surface area contributed by atoms with E-state index < -0.39 is 0 Å². The van der Waals surface area contributed by atoms with Gasteiger partial charge in [-0.1, -0.05) is 12.1 Å². The standard InChI is InChI=1S/C14H17N3O/c1-10(12-6-4-11(9-15)5-7-12)17-14(18)13-3-2-8-16-13/h4-7,10,13,16H,2-3,8H2,1H3,(H,17,18). The summed E-state index contributed by atoms with van der Waals surface area (Å²) in [5.74, 6) is 0.0596. The van der Waals surface area contributed by atoms with Crippen molar-refractivity contribution in [2.24, 2.45) is 0 Å². The average Bonchev–Trinajstić information content (AvgIpc) is 2.92. The fourth-order valence-electron chi connectivity index (χ4n) is 2.15. The van der Waals surface area contributed by atoms with Crippen molar-refractivity contribution in [2.45, 2.75) is 31.8 Å². The molecule has 2 unspecified atom stereocenters. The van der Waals surface area contributed by atoms with E-state index >= 15 is 0 Å². The Morgan fingerprint density at radius 3 is 2.78 bits per heavy atom. The molecule has 1 aliphatic heterocycles. The van der Waals surface area contributed by atoms with Gasteiger partial charge >= 0.3 is 0 Å². The van der Waals surface area contributed by atoms with E-state index in [1.54, 1.807) is 12.1 Å². The van der Waals surface area contributed by atoms with Gasteiger partial charge in [0.05, 0.1) is 23.7 Å². The normalized spacial score (nSPS) is 20.1. The van der Waals surface area contributed by atoms with Gasteiger partial charge in [0.15, 0.2) is 0 Å². The van der Waals surface area contributed by atoms with Crippen LogP contribution in [0.5, 0.6) is 0 Å². The molecule has 1 aromatic carbocycles. The van der Waals surface area contributed by atoms with Crippen molar-refractivity contribution in [1.29, 1.82) is 5.26 Å². The highest BCUT2D eigenvalue weighted by Gasteiger charge is 2.23. The molecule has 18 heavy (non-hydrogen) atoms. The Kier molecular flexibility index (Phi) is 3.96. The summed E-state index contributed by atoms with van der Waals surface area (Å²) in [6, 6.07) is 9.30. The molecule has 1 heterocycles. The number of nitrogens with one attached hydrogen (secondary N) is 2. The summed E-state index contributed by atoms with van der Waals surface area (Å²) in [4.78, 5) is 11.9. The van der Waals surface area contributed by atoms with E-state index in [0.717, 1.165) is 24.9 Å². The van der Waals surface area contributed by atoms with Crippen molar-refractivity contribution >= 4 is 5.91 Å². The number of hydrogen-bond donors (Lipinski definition) is 2. The summed E-state index contributed by atoms with van der Waals surface area (Å²) in [6.45, 7) is 2.87. The molecule has 1 amide bonds. The van der Waals surface area contributed by atoms with Crippen LogP contribution in [0.1, 0.15) is 36.9 Å². The van der Waals surface area contributed by atoms with Gasteiger partial charge in [0.25, 0.3) is 0 Å². The second-order valence-electron chi connectivity index (χ2n) is 4.61. The van der Waals surface area contributed by atoms with Gasteiger partial charge in [-0.2, -0.15) is 5.26 Å². The van der Waals surface area contributed by atoms with Crippen LogP contribution in [0.2, 0.25) is 0 Å². The lowest BCUT2D eigenvalue weighted by atomic mass is 10.1. The summed E-state index contributed by atoms with van der Waals surface area (Å²) in [5.41, 5.74) is 1.65. The van der Waals surface area contributed by atoms with Crippen molar-refractivity contribution in [3.63, 3.8) is 0 Å². The molecule has 1 fully saturated rings. The smallest absolute Gasteiger partial charge is 0.237 e. The first-order valence-electron chi connectivity index (χ1n) is 6.24. The SMILES string of the molecule is CC(NC(=O)C1CCCN1)c1ccc(C#N)cc1. The van der Waals surface area contributed by atoms with E-state index in [1.807, 2.05) is 19.1 Å². The minimum absolute atomic E-state index is 0.0346. The van der Waals surface area contributed by atoms with E-state index in [0.29, 0.717) is 5.56 Å². The quantitative estimate of drug-likeness (QED) is 0.845. The fraction of sp³-hybridized carbons (Fsp3) is 0.429.